The second-order valence-corrected chi connectivity index (χ2v) is 7.16. The summed E-state index contributed by atoms with van der Waals surface area (Å²) in [6, 6.07) is 17.2. The predicted molar refractivity (Wildman–Crippen MR) is 109 cm³/mol. The lowest BCUT2D eigenvalue weighted by Gasteiger charge is -2.03. The van der Waals surface area contributed by atoms with Crippen LogP contribution in [-0.2, 0) is 9.53 Å². The molecule has 0 aliphatic carbocycles. The molecule has 4 aromatic rings. The highest BCUT2D eigenvalue weighted by atomic mass is 32.1. The number of thiazole rings is 1. The van der Waals surface area contributed by atoms with Gasteiger partial charge < -0.3 is 9.72 Å². The summed E-state index contributed by atoms with van der Waals surface area (Å²) in [6.45, 7) is 1.64. The molecule has 2 heterocycles. The van der Waals surface area contributed by atoms with Crippen molar-refractivity contribution in [2.24, 2.45) is 0 Å². The number of amides is 1. The van der Waals surface area contributed by atoms with Gasteiger partial charge in [0, 0.05) is 21.8 Å². The first-order chi connectivity index (χ1) is 13.6. The summed E-state index contributed by atoms with van der Waals surface area (Å²) in [6.07, 6.45) is 0. The molecular formula is C21H17N3O3S. The topological polar surface area (TPSA) is 84.1 Å². The zero-order valence-corrected chi connectivity index (χ0v) is 15.9. The van der Waals surface area contributed by atoms with E-state index in [4.69, 9.17) is 4.74 Å². The number of aryl methyl sites for hydroxylation is 1. The maximum Gasteiger partial charge on any atom is 0.355 e. The molecule has 0 saturated carbocycles. The van der Waals surface area contributed by atoms with E-state index in [1.807, 2.05) is 60.8 Å². The van der Waals surface area contributed by atoms with Crippen molar-refractivity contribution in [3.05, 3.63) is 71.2 Å². The van der Waals surface area contributed by atoms with Crippen molar-refractivity contribution in [2.75, 3.05) is 11.9 Å². The second kappa shape index (κ2) is 7.66. The number of anilines is 1. The number of nitrogens with one attached hydrogen (secondary N) is 2. The molecule has 0 atom stereocenters. The first kappa shape index (κ1) is 17.9. The molecule has 0 bridgehead atoms. The van der Waals surface area contributed by atoms with Gasteiger partial charge in [0.15, 0.2) is 11.7 Å². The van der Waals surface area contributed by atoms with E-state index in [1.54, 1.807) is 6.07 Å². The minimum Gasteiger partial charge on any atom is -0.451 e. The number of carbonyl (C=O) groups excluding carboxylic acids is 2. The molecule has 0 spiro atoms. The van der Waals surface area contributed by atoms with Gasteiger partial charge >= 0.3 is 5.97 Å². The fraction of sp³-hybridized carbons (Fsp3) is 0.0952. The van der Waals surface area contributed by atoms with Crippen LogP contribution < -0.4 is 5.32 Å². The van der Waals surface area contributed by atoms with E-state index in [2.05, 4.69) is 15.3 Å². The number of esters is 1. The maximum atomic E-state index is 12.1. The molecule has 0 aliphatic rings. The maximum absolute atomic E-state index is 12.1. The standard InChI is InChI=1S/C21H17N3O3S/c1-13-6-8-14(9-7-13)18-12-28-21(23-18)24-19(25)11-27-20(26)17-10-15-4-2-3-5-16(15)22-17/h2-10,12,22H,11H2,1H3,(H,23,24,25). The molecule has 7 heteroatoms. The molecule has 0 saturated heterocycles. The smallest absolute Gasteiger partial charge is 0.355 e. The number of aromatic amines is 1. The molecule has 0 radical (unpaired) electrons. The van der Waals surface area contributed by atoms with Gasteiger partial charge in [-0.05, 0) is 19.1 Å². The molecule has 2 aromatic carbocycles. The fourth-order valence-corrected chi connectivity index (χ4v) is 3.47. The Hall–Kier alpha value is -3.45. The minimum absolute atomic E-state index is 0.310. The van der Waals surface area contributed by atoms with Crippen LogP contribution in [-0.4, -0.2) is 28.5 Å². The Morgan fingerprint density at radius 2 is 1.93 bits per heavy atom. The molecular weight excluding hydrogens is 374 g/mol. The van der Waals surface area contributed by atoms with Gasteiger partial charge in [-0.25, -0.2) is 9.78 Å². The summed E-state index contributed by atoms with van der Waals surface area (Å²) in [7, 11) is 0. The number of para-hydroxylation sites is 1. The lowest BCUT2D eigenvalue weighted by molar-refractivity contribution is -0.119. The van der Waals surface area contributed by atoms with Crippen LogP contribution >= 0.6 is 11.3 Å². The summed E-state index contributed by atoms with van der Waals surface area (Å²) in [4.78, 5) is 31.6. The van der Waals surface area contributed by atoms with Crippen LogP contribution in [0.1, 0.15) is 16.1 Å². The summed E-state index contributed by atoms with van der Waals surface area (Å²) >= 11 is 1.32. The third kappa shape index (κ3) is 3.94. The largest absolute Gasteiger partial charge is 0.451 e. The highest BCUT2D eigenvalue weighted by Crippen LogP contribution is 2.25. The Kier molecular flexibility index (Phi) is 4.90. The van der Waals surface area contributed by atoms with E-state index in [0.29, 0.717) is 10.8 Å². The fourth-order valence-electron chi connectivity index (χ4n) is 2.74. The average Bonchev–Trinajstić information content (AvgIpc) is 3.33. The first-order valence-electron chi connectivity index (χ1n) is 8.66. The van der Waals surface area contributed by atoms with Crippen molar-refractivity contribution >= 4 is 39.2 Å². The molecule has 140 valence electrons. The van der Waals surface area contributed by atoms with Crippen molar-refractivity contribution in [2.45, 2.75) is 6.92 Å². The van der Waals surface area contributed by atoms with Gasteiger partial charge in [0.05, 0.1) is 5.69 Å². The minimum atomic E-state index is -0.578. The van der Waals surface area contributed by atoms with Crippen molar-refractivity contribution < 1.29 is 14.3 Å². The van der Waals surface area contributed by atoms with E-state index in [0.717, 1.165) is 22.2 Å². The molecule has 0 aliphatic heterocycles. The first-order valence-corrected chi connectivity index (χ1v) is 9.54. The molecule has 2 aromatic heterocycles. The molecule has 0 unspecified atom stereocenters. The van der Waals surface area contributed by atoms with Crippen LogP contribution in [0.15, 0.2) is 60.0 Å². The molecule has 1 amide bonds. The van der Waals surface area contributed by atoms with E-state index < -0.39 is 11.9 Å². The Morgan fingerprint density at radius 1 is 1.14 bits per heavy atom. The molecule has 2 N–H and O–H groups in total. The zero-order chi connectivity index (χ0) is 19.5. The van der Waals surface area contributed by atoms with E-state index in [1.165, 1.54) is 16.9 Å². The number of aromatic nitrogens is 2. The van der Waals surface area contributed by atoms with Gasteiger partial charge in [-0.1, -0.05) is 48.0 Å². The van der Waals surface area contributed by atoms with Crippen LogP contribution in [0.3, 0.4) is 0 Å². The Morgan fingerprint density at radius 3 is 2.71 bits per heavy atom. The summed E-state index contributed by atoms with van der Waals surface area (Å²) in [5, 5.41) is 5.90. The Labute approximate surface area is 165 Å². The van der Waals surface area contributed by atoms with Gasteiger partial charge in [-0.2, -0.15) is 0 Å². The molecule has 4 rings (SSSR count). The third-order valence-electron chi connectivity index (χ3n) is 4.18. The van der Waals surface area contributed by atoms with Crippen LogP contribution in [0.25, 0.3) is 22.2 Å². The summed E-state index contributed by atoms with van der Waals surface area (Å²) in [5.41, 5.74) is 4.09. The number of fused-ring (bicyclic) bond motifs is 1. The van der Waals surface area contributed by atoms with Gasteiger partial charge in [-0.3, -0.25) is 10.1 Å². The number of nitrogens with zero attached hydrogens (tertiary/aromatic N) is 1. The van der Waals surface area contributed by atoms with Crippen LogP contribution in [0.2, 0.25) is 0 Å². The Bertz CT molecular complexity index is 1110. The van der Waals surface area contributed by atoms with Crippen LogP contribution in [0.4, 0.5) is 5.13 Å². The second-order valence-electron chi connectivity index (χ2n) is 6.30. The zero-order valence-electron chi connectivity index (χ0n) is 15.1. The predicted octanol–water partition coefficient (Wildman–Crippen LogP) is 4.40. The van der Waals surface area contributed by atoms with Gasteiger partial charge in [0.1, 0.15) is 5.69 Å². The van der Waals surface area contributed by atoms with Gasteiger partial charge in [0.2, 0.25) is 0 Å². The quantitative estimate of drug-likeness (QED) is 0.494. The lowest BCUT2D eigenvalue weighted by atomic mass is 10.1. The third-order valence-corrected chi connectivity index (χ3v) is 4.94. The van der Waals surface area contributed by atoms with Gasteiger partial charge in [0.25, 0.3) is 5.91 Å². The Balaban J connectivity index is 1.34. The van der Waals surface area contributed by atoms with E-state index in [9.17, 15) is 9.59 Å². The average molecular weight is 391 g/mol. The van der Waals surface area contributed by atoms with E-state index >= 15 is 0 Å². The number of rotatable bonds is 5. The summed E-state index contributed by atoms with van der Waals surface area (Å²) < 4.78 is 5.09. The van der Waals surface area contributed by atoms with Crippen molar-refractivity contribution in [1.82, 2.24) is 9.97 Å². The molecule has 0 fully saturated rings. The number of hydrogen-bond donors (Lipinski definition) is 2. The highest BCUT2D eigenvalue weighted by molar-refractivity contribution is 7.14. The van der Waals surface area contributed by atoms with Crippen LogP contribution in [0, 0.1) is 6.92 Å². The number of hydrogen-bond acceptors (Lipinski definition) is 5. The van der Waals surface area contributed by atoms with Crippen molar-refractivity contribution in [1.29, 1.82) is 0 Å². The normalized spacial score (nSPS) is 10.8. The highest BCUT2D eigenvalue weighted by Gasteiger charge is 2.14. The number of benzene rings is 2. The molecule has 28 heavy (non-hydrogen) atoms. The van der Waals surface area contributed by atoms with E-state index in [-0.39, 0.29) is 6.61 Å². The number of carbonyl (C=O) groups is 2. The number of ether oxygens (including phenoxy) is 1. The monoisotopic (exact) mass is 391 g/mol. The number of H-pyrrole nitrogens is 1. The molecule has 6 nitrogen and oxygen atoms in total. The lowest BCUT2D eigenvalue weighted by Crippen LogP contribution is -2.21. The summed E-state index contributed by atoms with van der Waals surface area (Å²) in [5.74, 6) is -1.01. The van der Waals surface area contributed by atoms with Crippen molar-refractivity contribution in [3.63, 3.8) is 0 Å². The van der Waals surface area contributed by atoms with Crippen molar-refractivity contribution in [3.8, 4) is 11.3 Å². The van der Waals surface area contributed by atoms with Gasteiger partial charge in [-0.15, -0.1) is 11.3 Å². The van der Waals surface area contributed by atoms with Crippen LogP contribution in [0.5, 0.6) is 0 Å². The SMILES string of the molecule is Cc1ccc(-c2csc(NC(=O)COC(=O)c3cc4ccccc4[nH]3)n2)cc1.